The van der Waals surface area contributed by atoms with Crippen LogP contribution in [-0.4, -0.2) is 20.4 Å². The number of nitrogens with one attached hydrogen (secondary N) is 2. The number of sulfonamides is 1. The monoisotopic (exact) mass is 270 g/mol. The lowest BCUT2D eigenvalue weighted by molar-refractivity contribution is -0.120. The van der Waals surface area contributed by atoms with Gasteiger partial charge in [0.25, 0.3) is 10.0 Å². The van der Waals surface area contributed by atoms with E-state index in [0.717, 1.165) is 0 Å². The third-order valence-corrected chi connectivity index (χ3v) is 3.36. The molecule has 0 aliphatic heterocycles. The molecule has 0 unspecified atom stereocenters. The highest BCUT2D eigenvalue weighted by molar-refractivity contribution is 7.90. The summed E-state index contributed by atoms with van der Waals surface area (Å²) >= 11 is 0. The van der Waals surface area contributed by atoms with Crippen LogP contribution in [-0.2, 0) is 14.8 Å². The molecule has 2 N–H and O–H groups in total. The molecule has 0 aromatic heterocycles. The standard InChI is InChI=1S/C11H14N2O4S/c1-2-6-10(14)12-11(15)13-18(16,17)9-7-4-3-5-8-9/h3-5,7-8H,2,6H2,1H3,(H2,12,13,14,15). The number of urea groups is 1. The minimum Gasteiger partial charge on any atom is -0.277 e. The smallest absolute Gasteiger partial charge is 0.277 e. The maximum absolute atomic E-state index is 11.7. The lowest BCUT2D eigenvalue weighted by Crippen LogP contribution is -2.42. The van der Waals surface area contributed by atoms with Gasteiger partial charge in [0.05, 0.1) is 4.90 Å². The van der Waals surface area contributed by atoms with Crippen LogP contribution in [0.3, 0.4) is 0 Å². The van der Waals surface area contributed by atoms with E-state index in [0.29, 0.717) is 6.42 Å². The fourth-order valence-corrected chi connectivity index (χ4v) is 2.15. The van der Waals surface area contributed by atoms with Gasteiger partial charge in [-0.25, -0.2) is 17.9 Å². The second-order valence-corrected chi connectivity index (χ2v) is 5.23. The zero-order valence-corrected chi connectivity index (χ0v) is 10.7. The molecule has 18 heavy (non-hydrogen) atoms. The van der Waals surface area contributed by atoms with E-state index in [2.05, 4.69) is 0 Å². The minimum absolute atomic E-state index is 0.0388. The molecule has 0 aliphatic rings. The Morgan fingerprint density at radius 3 is 2.33 bits per heavy atom. The van der Waals surface area contributed by atoms with Crippen LogP contribution in [0.15, 0.2) is 35.2 Å². The molecule has 0 radical (unpaired) electrons. The Kier molecular flexibility index (Phi) is 4.85. The predicted molar refractivity (Wildman–Crippen MR) is 65.2 cm³/mol. The molecule has 0 saturated heterocycles. The lowest BCUT2D eigenvalue weighted by Gasteiger charge is -2.07. The molecule has 7 heteroatoms. The second kappa shape index (κ2) is 6.15. The number of carbonyl (C=O) groups excluding carboxylic acids is 2. The molecule has 6 nitrogen and oxygen atoms in total. The van der Waals surface area contributed by atoms with Gasteiger partial charge < -0.3 is 0 Å². The summed E-state index contributed by atoms with van der Waals surface area (Å²) in [6, 6.07) is 6.39. The Morgan fingerprint density at radius 2 is 1.78 bits per heavy atom. The van der Waals surface area contributed by atoms with Crippen LogP contribution in [0, 0.1) is 0 Å². The first-order chi connectivity index (χ1) is 8.45. The van der Waals surface area contributed by atoms with E-state index >= 15 is 0 Å². The molecule has 0 bridgehead atoms. The summed E-state index contributed by atoms with van der Waals surface area (Å²) in [5.41, 5.74) is 0. The van der Waals surface area contributed by atoms with Gasteiger partial charge in [0.2, 0.25) is 5.91 Å². The summed E-state index contributed by atoms with van der Waals surface area (Å²) in [5.74, 6) is -0.515. The van der Waals surface area contributed by atoms with E-state index in [1.807, 2.05) is 5.32 Å². The average molecular weight is 270 g/mol. The summed E-state index contributed by atoms with van der Waals surface area (Å²) in [6.45, 7) is 1.78. The molecule has 98 valence electrons. The number of carbonyl (C=O) groups is 2. The molecule has 1 aromatic rings. The van der Waals surface area contributed by atoms with E-state index in [1.165, 1.54) is 24.3 Å². The van der Waals surface area contributed by atoms with Crippen molar-refractivity contribution in [3.63, 3.8) is 0 Å². The largest absolute Gasteiger partial charge is 0.335 e. The second-order valence-electron chi connectivity index (χ2n) is 3.55. The Bertz CT molecular complexity index is 525. The molecule has 0 saturated carbocycles. The molecule has 0 heterocycles. The third-order valence-electron chi connectivity index (χ3n) is 2.01. The molecule has 1 aromatic carbocycles. The first kappa shape index (κ1) is 14.2. The highest BCUT2D eigenvalue weighted by Crippen LogP contribution is 2.06. The number of benzene rings is 1. The molecule has 1 rings (SSSR count). The molecular weight excluding hydrogens is 256 g/mol. The highest BCUT2D eigenvalue weighted by atomic mass is 32.2. The zero-order chi connectivity index (χ0) is 13.6. The SMILES string of the molecule is CCCC(=O)NC(=O)NS(=O)(=O)c1ccccc1. The van der Waals surface area contributed by atoms with E-state index < -0.39 is 22.0 Å². The van der Waals surface area contributed by atoms with E-state index in [1.54, 1.807) is 17.7 Å². The van der Waals surface area contributed by atoms with Gasteiger partial charge in [-0.2, -0.15) is 0 Å². The van der Waals surface area contributed by atoms with Crippen molar-refractivity contribution in [2.45, 2.75) is 24.7 Å². The van der Waals surface area contributed by atoms with Crippen LogP contribution in [0.5, 0.6) is 0 Å². The average Bonchev–Trinajstić information content (AvgIpc) is 2.29. The number of rotatable bonds is 4. The van der Waals surface area contributed by atoms with Crippen molar-refractivity contribution in [1.29, 1.82) is 0 Å². The summed E-state index contributed by atoms with van der Waals surface area (Å²) in [6.07, 6.45) is 0.739. The van der Waals surface area contributed by atoms with Crippen molar-refractivity contribution >= 4 is 22.0 Å². The van der Waals surface area contributed by atoms with Crippen molar-refractivity contribution in [2.75, 3.05) is 0 Å². The summed E-state index contributed by atoms with van der Waals surface area (Å²) in [5, 5.41) is 1.94. The maximum Gasteiger partial charge on any atom is 0.335 e. The number of amides is 3. The van der Waals surface area contributed by atoms with Crippen molar-refractivity contribution < 1.29 is 18.0 Å². The topological polar surface area (TPSA) is 92.3 Å². The van der Waals surface area contributed by atoms with Gasteiger partial charge in [0, 0.05) is 6.42 Å². The van der Waals surface area contributed by atoms with E-state index in [9.17, 15) is 18.0 Å². The van der Waals surface area contributed by atoms with Crippen molar-refractivity contribution in [3.05, 3.63) is 30.3 Å². The first-order valence-corrected chi connectivity index (χ1v) is 6.85. The molecule has 3 amide bonds. The van der Waals surface area contributed by atoms with Gasteiger partial charge in [0.15, 0.2) is 0 Å². The van der Waals surface area contributed by atoms with Crippen molar-refractivity contribution in [3.8, 4) is 0 Å². The first-order valence-electron chi connectivity index (χ1n) is 5.37. The van der Waals surface area contributed by atoms with E-state index in [4.69, 9.17) is 0 Å². The molecule has 0 atom stereocenters. The fourth-order valence-electron chi connectivity index (χ4n) is 1.22. The maximum atomic E-state index is 11.7. The quantitative estimate of drug-likeness (QED) is 0.853. The molecule has 0 spiro atoms. The zero-order valence-electron chi connectivity index (χ0n) is 9.84. The van der Waals surface area contributed by atoms with Gasteiger partial charge in [0.1, 0.15) is 0 Å². The van der Waals surface area contributed by atoms with Crippen molar-refractivity contribution in [1.82, 2.24) is 10.0 Å². The Morgan fingerprint density at radius 1 is 1.17 bits per heavy atom. The Labute approximate surface area is 105 Å². The summed E-state index contributed by atoms with van der Waals surface area (Å²) in [7, 11) is -3.93. The van der Waals surface area contributed by atoms with Crippen LogP contribution in [0.25, 0.3) is 0 Å². The normalized spacial score (nSPS) is 10.7. The van der Waals surface area contributed by atoms with Crippen LogP contribution in [0.2, 0.25) is 0 Å². The van der Waals surface area contributed by atoms with Gasteiger partial charge in [-0.15, -0.1) is 0 Å². The van der Waals surface area contributed by atoms with Crippen LogP contribution >= 0.6 is 0 Å². The molecule has 0 fully saturated rings. The Hall–Kier alpha value is -1.89. The van der Waals surface area contributed by atoms with Crippen LogP contribution < -0.4 is 10.0 Å². The molecular formula is C11H14N2O4S. The number of imide groups is 1. The van der Waals surface area contributed by atoms with Crippen LogP contribution in [0.4, 0.5) is 4.79 Å². The van der Waals surface area contributed by atoms with Gasteiger partial charge in [-0.3, -0.25) is 10.1 Å². The predicted octanol–water partition coefficient (Wildman–Crippen LogP) is 1.00. The minimum atomic E-state index is -3.93. The van der Waals surface area contributed by atoms with E-state index in [-0.39, 0.29) is 11.3 Å². The van der Waals surface area contributed by atoms with Gasteiger partial charge >= 0.3 is 6.03 Å². The highest BCUT2D eigenvalue weighted by Gasteiger charge is 2.18. The van der Waals surface area contributed by atoms with Gasteiger partial charge in [-0.1, -0.05) is 25.1 Å². The van der Waals surface area contributed by atoms with Gasteiger partial charge in [-0.05, 0) is 18.6 Å². The lowest BCUT2D eigenvalue weighted by atomic mass is 10.3. The number of hydrogen-bond donors (Lipinski definition) is 2. The molecule has 0 aliphatic carbocycles. The number of hydrogen-bond acceptors (Lipinski definition) is 4. The summed E-state index contributed by atoms with van der Waals surface area (Å²) in [4.78, 5) is 22.4. The Balaban J connectivity index is 2.67. The van der Waals surface area contributed by atoms with Crippen LogP contribution in [0.1, 0.15) is 19.8 Å². The summed E-state index contributed by atoms with van der Waals surface area (Å²) < 4.78 is 25.2. The van der Waals surface area contributed by atoms with Crippen molar-refractivity contribution in [2.24, 2.45) is 0 Å². The fraction of sp³-hybridized carbons (Fsp3) is 0.273. The third kappa shape index (κ3) is 4.17.